The molecular weight excluding hydrogens is 367 g/mol. The van der Waals surface area contributed by atoms with Crippen molar-refractivity contribution in [1.82, 2.24) is 9.80 Å². The third kappa shape index (κ3) is 7.42. The minimum atomic E-state index is -0.485. The maximum Gasteiger partial charge on any atom is 0.123 e. The molecule has 1 atom stereocenters. The second-order valence-electron chi connectivity index (χ2n) is 8.42. The minimum Gasteiger partial charge on any atom is -0.491 e. The fraction of sp³-hybridized carbons (Fsp3) is 0.500. The van der Waals surface area contributed by atoms with E-state index in [1.54, 1.807) is 12.1 Å². The van der Waals surface area contributed by atoms with Gasteiger partial charge in [0.1, 0.15) is 24.3 Å². The van der Waals surface area contributed by atoms with Crippen molar-refractivity contribution < 1.29 is 14.2 Å². The molecule has 0 aromatic heterocycles. The summed E-state index contributed by atoms with van der Waals surface area (Å²) >= 11 is 0. The first kappa shape index (κ1) is 21.8. The van der Waals surface area contributed by atoms with E-state index in [4.69, 9.17) is 4.74 Å². The lowest BCUT2D eigenvalue weighted by atomic mass is 9.90. The van der Waals surface area contributed by atoms with Crippen molar-refractivity contribution >= 4 is 0 Å². The van der Waals surface area contributed by atoms with Gasteiger partial charge in [-0.1, -0.05) is 24.3 Å². The van der Waals surface area contributed by atoms with Crippen LogP contribution in [0.4, 0.5) is 4.39 Å². The largest absolute Gasteiger partial charge is 0.491 e. The first-order chi connectivity index (χ1) is 14.0. The highest BCUT2D eigenvalue weighted by Crippen LogP contribution is 2.23. The molecule has 1 N–H and O–H groups in total. The number of benzene rings is 2. The average Bonchev–Trinajstić information content (AvgIpc) is 2.70. The van der Waals surface area contributed by atoms with Crippen molar-refractivity contribution in [2.24, 2.45) is 5.92 Å². The number of aliphatic hydroxyl groups is 1. The highest BCUT2D eigenvalue weighted by Gasteiger charge is 2.19. The number of likely N-dealkylation sites (tertiary alicyclic amines) is 1. The number of likely N-dealkylation sites (N-methyl/N-ethyl adjacent to an activating group) is 1. The van der Waals surface area contributed by atoms with Crippen molar-refractivity contribution in [1.29, 1.82) is 0 Å². The summed E-state index contributed by atoms with van der Waals surface area (Å²) in [6.07, 6.45) is 2.92. The molecule has 1 aliphatic heterocycles. The van der Waals surface area contributed by atoms with E-state index in [-0.39, 0.29) is 5.82 Å². The molecule has 2 aromatic carbocycles. The van der Waals surface area contributed by atoms with E-state index in [9.17, 15) is 9.50 Å². The smallest absolute Gasteiger partial charge is 0.123 e. The molecule has 158 valence electrons. The summed E-state index contributed by atoms with van der Waals surface area (Å²) in [5.41, 5.74) is 2.51. The standard InChI is InChI=1S/C24H33FN2O2/c1-26(2)17-23(28)18-29-24-9-5-21(6-10-24)16-27-13-11-20(12-14-27)15-19-3-7-22(25)8-4-19/h3-10,20,23,28H,11-18H2,1-2H3/t23-/m1/s1. The second-order valence-corrected chi connectivity index (χ2v) is 8.42. The summed E-state index contributed by atoms with van der Waals surface area (Å²) in [7, 11) is 3.87. The zero-order chi connectivity index (χ0) is 20.6. The number of ether oxygens (including phenoxy) is 1. The Bertz CT molecular complexity index is 726. The Morgan fingerprint density at radius 3 is 2.28 bits per heavy atom. The van der Waals surface area contributed by atoms with E-state index in [2.05, 4.69) is 17.0 Å². The van der Waals surface area contributed by atoms with E-state index in [0.29, 0.717) is 19.1 Å². The van der Waals surface area contributed by atoms with Gasteiger partial charge in [0.05, 0.1) is 0 Å². The summed E-state index contributed by atoms with van der Waals surface area (Å²) in [6.45, 7) is 4.04. The monoisotopic (exact) mass is 400 g/mol. The maximum absolute atomic E-state index is 13.0. The Labute approximate surface area is 173 Å². The fourth-order valence-corrected chi connectivity index (χ4v) is 3.92. The number of nitrogens with zero attached hydrogens (tertiary/aromatic N) is 2. The lowest BCUT2D eigenvalue weighted by molar-refractivity contribution is 0.0831. The number of piperidine rings is 1. The second kappa shape index (κ2) is 10.7. The van der Waals surface area contributed by atoms with Crippen molar-refractivity contribution in [3.05, 3.63) is 65.5 Å². The number of hydrogen-bond donors (Lipinski definition) is 1. The molecule has 1 saturated heterocycles. The molecular formula is C24H33FN2O2. The topological polar surface area (TPSA) is 35.9 Å². The summed E-state index contributed by atoms with van der Waals surface area (Å²) in [5.74, 6) is 1.32. The van der Waals surface area contributed by atoms with Gasteiger partial charge >= 0.3 is 0 Å². The summed E-state index contributed by atoms with van der Waals surface area (Å²) in [6, 6.07) is 15.1. The molecule has 29 heavy (non-hydrogen) atoms. The van der Waals surface area contributed by atoms with Crippen LogP contribution in [0.2, 0.25) is 0 Å². The highest BCUT2D eigenvalue weighted by molar-refractivity contribution is 5.27. The fourth-order valence-electron chi connectivity index (χ4n) is 3.92. The van der Waals surface area contributed by atoms with Gasteiger partial charge in [-0.3, -0.25) is 4.90 Å². The normalized spacial score (nSPS) is 16.9. The molecule has 0 saturated carbocycles. The molecule has 2 aromatic rings. The van der Waals surface area contributed by atoms with Gasteiger partial charge in [0.15, 0.2) is 0 Å². The summed E-state index contributed by atoms with van der Waals surface area (Å²) < 4.78 is 18.7. The number of halogens is 1. The number of aliphatic hydroxyl groups excluding tert-OH is 1. The lowest BCUT2D eigenvalue weighted by Crippen LogP contribution is -2.33. The predicted molar refractivity (Wildman–Crippen MR) is 115 cm³/mol. The van der Waals surface area contributed by atoms with Gasteiger partial charge in [0, 0.05) is 13.1 Å². The Balaban J connectivity index is 1.39. The molecule has 1 heterocycles. The molecule has 1 aliphatic rings. The van der Waals surface area contributed by atoms with Crippen molar-refractivity contribution in [2.75, 3.05) is 40.3 Å². The Hall–Kier alpha value is -1.95. The van der Waals surface area contributed by atoms with Crippen LogP contribution in [0, 0.1) is 11.7 Å². The Morgan fingerprint density at radius 1 is 1.03 bits per heavy atom. The number of hydrogen-bond acceptors (Lipinski definition) is 4. The quantitative estimate of drug-likeness (QED) is 0.698. The SMILES string of the molecule is CN(C)C[C@@H](O)COc1ccc(CN2CCC(Cc3ccc(F)cc3)CC2)cc1. The van der Waals surface area contributed by atoms with E-state index >= 15 is 0 Å². The van der Waals surface area contributed by atoms with Crippen LogP contribution in [-0.4, -0.2) is 61.3 Å². The van der Waals surface area contributed by atoms with Crippen LogP contribution < -0.4 is 4.74 Å². The Kier molecular flexibility index (Phi) is 8.04. The van der Waals surface area contributed by atoms with E-state index in [0.717, 1.165) is 31.8 Å². The lowest BCUT2D eigenvalue weighted by Gasteiger charge is -2.32. The van der Waals surface area contributed by atoms with Crippen LogP contribution in [0.3, 0.4) is 0 Å². The molecule has 0 amide bonds. The zero-order valence-electron chi connectivity index (χ0n) is 17.6. The van der Waals surface area contributed by atoms with Gasteiger partial charge in [-0.15, -0.1) is 0 Å². The van der Waals surface area contributed by atoms with Gasteiger partial charge in [-0.05, 0) is 87.8 Å². The molecule has 3 rings (SSSR count). The molecule has 5 heteroatoms. The van der Waals surface area contributed by atoms with Crippen LogP contribution >= 0.6 is 0 Å². The van der Waals surface area contributed by atoms with E-state index in [1.807, 2.05) is 43.3 Å². The summed E-state index contributed by atoms with van der Waals surface area (Å²) in [5, 5.41) is 9.89. The summed E-state index contributed by atoms with van der Waals surface area (Å²) in [4.78, 5) is 4.44. The molecule has 0 spiro atoms. The van der Waals surface area contributed by atoms with Crippen LogP contribution in [0.5, 0.6) is 5.75 Å². The molecule has 0 radical (unpaired) electrons. The van der Waals surface area contributed by atoms with E-state index in [1.165, 1.54) is 24.0 Å². The average molecular weight is 401 g/mol. The van der Waals surface area contributed by atoms with Gasteiger partial charge in [-0.2, -0.15) is 0 Å². The third-order valence-corrected chi connectivity index (χ3v) is 5.49. The van der Waals surface area contributed by atoms with Gasteiger partial charge in [0.25, 0.3) is 0 Å². The first-order valence-electron chi connectivity index (χ1n) is 10.5. The third-order valence-electron chi connectivity index (χ3n) is 5.49. The Morgan fingerprint density at radius 2 is 1.66 bits per heavy atom. The van der Waals surface area contributed by atoms with Gasteiger partial charge in [0.2, 0.25) is 0 Å². The van der Waals surface area contributed by atoms with Crippen molar-refractivity contribution in [3.63, 3.8) is 0 Å². The van der Waals surface area contributed by atoms with Crippen LogP contribution in [0.1, 0.15) is 24.0 Å². The molecule has 0 aliphatic carbocycles. The van der Waals surface area contributed by atoms with Crippen LogP contribution in [-0.2, 0) is 13.0 Å². The molecule has 4 nitrogen and oxygen atoms in total. The molecule has 1 fully saturated rings. The van der Waals surface area contributed by atoms with Gasteiger partial charge < -0.3 is 14.7 Å². The van der Waals surface area contributed by atoms with Crippen molar-refractivity contribution in [3.8, 4) is 5.75 Å². The van der Waals surface area contributed by atoms with E-state index < -0.39 is 6.10 Å². The number of rotatable bonds is 9. The first-order valence-corrected chi connectivity index (χ1v) is 10.5. The maximum atomic E-state index is 13.0. The van der Waals surface area contributed by atoms with Crippen LogP contribution in [0.15, 0.2) is 48.5 Å². The minimum absolute atomic E-state index is 0.162. The highest BCUT2D eigenvalue weighted by atomic mass is 19.1. The molecule has 0 unspecified atom stereocenters. The predicted octanol–water partition coefficient (Wildman–Crippen LogP) is 3.58. The van der Waals surface area contributed by atoms with Crippen molar-refractivity contribution in [2.45, 2.75) is 31.9 Å². The molecule has 0 bridgehead atoms. The zero-order valence-corrected chi connectivity index (χ0v) is 17.6. The van der Waals surface area contributed by atoms with Gasteiger partial charge in [-0.25, -0.2) is 4.39 Å². The van der Waals surface area contributed by atoms with Crippen LogP contribution in [0.25, 0.3) is 0 Å².